The summed E-state index contributed by atoms with van der Waals surface area (Å²) in [6.45, 7) is 3.36. The molecule has 0 radical (unpaired) electrons. The van der Waals surface area contributed by atoms with Gasteiger partial charge in [-0.15, -0.1) is 0 Å². The fourth-order valence-electron chi connectivity index (χ4n) is 10.5. The number of benzene rings is 6. The Bertz CT molecular complexity index is 5250. The number of likely N-dealkylation sites (N-methyl/N-ethyl adjacent to an activating group) is 2. The lowest BCUT2D eigenvalue weighted by molar-refractivity contribution is -0.131. The maximum Gasteiger partial charge on any atom is 0.265 e. The predicted octanol–water partition coefficient (Wildman–Crippen LogP) is 12.3. The molecule has 33 heteroatoms. The second kappa shape index (κ2) is 42.2. The topological polar surface area (TPSA) is 437 Å². The molecule has 9 N–H and O–H groups in total. The Balaban J connectivity index is 0.000000157. The summed E-state index contributed by atoms with van der Waals surface area (Å²) in [5, 5.41) is 56.2. The fourth-order valence-corrected chi connectivity index (χ4v) is 11.5. The zero-order valence-electron chi connectivity index (χ0n) is 62.9. The van der Waals surface area contributed by atoms with Crippen molar-refractivity contribution in [3.8, 4) is 66.8 Å². The van der Waals surface area contributed by atoms with Gasteiger partial charge in [-0.2, -0.15) is 0 Å². The van der Waals surface area contributed by atoms with Crippen LogP contribution in [0.1, 0.15) is 46.0 Å². The van der Waals surface area contributed by atoms with E-state index in [4.69, 9.17) is 32.2 Å². The van der Waals surface area contributed by atoms with Crippen LogP contribution in [0.3, 0.4) is 0 Å². The molecular weight excluding hydrogens is 1490 g/mol. The summed E-state index contributed by atoms with van der Waals surface area (Å²) in [6.07, 6.45) is 15.4. The number of amides is 6. The zero-order valence-corrected chi connectivity index (χ0v) is 63.7. The highest BCUT2D eigenvalue weighted by atomic mass is 32.2. The molecule has 1 atom stereocenters. The van der Waals surface area contributed by atoms with Gasteiger partial charge < -0.3 is 52.9 Å². The molecule has 1 unspecified atom stereocenters. The summed E-state index contributed by atoms with van der Waals surface area (Å²) in [7, 11) is 3.18. The molecule has 6 amide bonds. The Morgan fingerprint density at radius 2 is 0.833 bits per heavy atom. The Morgan fingerprint density at radius 1 is 0.474 bits per heavy atom. The monoisotopic (exact) mass is 1570 g/mol. The molecule has 6 aromatic carbocycles. The van der Waals surface area contributed by atoms with Crippen molar-refractivity contribution in [2.75, 3.05) is 79.2 Å². The van der Waals surface area contributed by atoms with Gasteiger partial charge in [-0.1, -0.05) is 219 Å². The van der Waals surface area contributed by atoms with E-state index in [9.17, 15) is 42.3 Å². The maximum absolute atomic E-state index is 12.4. The highest BCUT2D eigenvalue weighted by Gasteiger charge is 2.29. The first kappa shape index (κ1) is 84.0. The van der Waals surface area contributed by atoms with Crippen LogP contribution in [0.4, 0.5) is 35.3 Å². The molecule has 1 aliphatic heterocycles. The van der Waals surface area contributed by atoms with Crippen LogP contribution >= 0.6 is 0 Å². The molecule has 0 saturated carbocycles. The van der Waals surface area contributed by atoms with Gasteiger partial charge in [0, 0.05) is 46.4 Å². The van der Waals surface area contributed by atoms with Crippen LogP contribution in [0.2, 0.25) is 0 Å². The summed E-state index contributed by atoms with van der Waals surface area (Å²) in [5.74, 6) is 0.175. The van der Waals surface area contributed by atoms with E-state index in [1.165, 1.54) is 62.8 Å². The quantitative estimate of drug-likeness (QED) is 0.0304. The van der Waals surface area contributed by atoms with E-state index in [1.54, 1.807) is 38.8 Å². The normalized spacial score (nSPS) is 12.2. The van der Waals surface area contributed by atoms with Gasteiger partial charge in [-0.05, 0) is 85.8 Å². The van der Waals surface area contributed by atoms with E-state index in [2.05, 4.69) is 77.4 Å². The summed E-state index contributed by atoms with van der Waals surface area (Å²) in [6, 6.07) is 60.0. The van der Waals surface area contributed by atoms with E-state index in [0.29, 0.717) is 34.0 Å². The number of likely N-dealkylation sites (tertiary alicyclic amines) is 1. The SMILES string of the molecule is CC(C)(O)C(=O)Nc1oncc1-c1ccccc1.CN(C)C(=O)CNc1oncc1-c1ccccc1.CN1CCCCC1C(=O)Nc1oncc1-c1ccccc1.CNC(=O)CCC(=O)Nc1oncc1-c1ccccc1.O=C(CO)Nc1oncc1-c1ccccc1.O=S(=O)(Nc1oncc1-c1ccccc1)c1cccnc1. The van der Waals surface area contributed by atoms with Crippen molar-refractivity contribution in [1.29, 1.82) is 0 Å². The molecule has 32 nitrogen and oxygen atoms in total. The van der Waals surface area contributed by atoms with Gasteiger partial charge in [0.05, 0.1) is 83.1 Å². The van der Waals surface area contributed by atoms with Crippen LogP contribution < -0.4 is 36.6 Å². The van der Waals surface area contributed by atoms with Gasteiger partial charge in [0.25, 0.3) is 21.8 Å². The lowest BCUT2D eigenvalue weighted by Crippen LogP contribution is -2.44. The molecule has 13 aromatic rings. The molecule has 1 saturated heterocycles. The summed E-state index contributed by atoms with van der Waals surface area (Å²) >= 11 is 0. The second-order valence-electron chi connectivity index (χ2n) is 25.5. The van der Waals surface area contributed by atoms with E-state index in [1.807, 2.05) is 189 Å². The smallest absolute Gasteiger partial charge is 0.265 e. The van der Waals surface area contributed by atoms with Crippen LogP contribution in [0.5, 0.6) is 0 Å². The molecule has 0 spiro atoms. The van der Waals surface area contributed by atoms with Crippen molar-refractivity contribution in [1.82, 2.24) is 51.0 Å². The summed E-state index contributed by atoms with van der Waals surface area (Å²) in [4.78, 5) is 76.9. The van der Waals surface area contributed by atoms with Gasteiger partial charge in [-0.3, -0.25) is 59.9 Å². The number of aromatic nitrogens is 7. The number of aliphatic hydroxyl groups excluding tert-OH is 1. The number of hydrogen-bond acceptors (Lipinski definition) is 25. The number of nitrogens with zero attached hydrogens (tertiary/aromatic N) is 9. The van der Waals surface area contributed by atoms with Crippen LogP contribution in [-0.4, -0.2) is 159 Å². The molecule has 8 heterocycles. The second-order valence-corrected chi connectivity index (χ2v) is 27.1. The zero-order chi connectivity index (χ0) is 81.2. The van der Waals surface area contributed by atoms with Gasteiger partial charge in [0.1, 0.15) is 17.1 Å². The summed E-state index contributed by atoms with van der Waals surface area (Å²) < 4.78 is 57.2. The molecule has 0 aliphatic carbocycles. The van der Waals surface area contributed by atoms with Gasteiger partial charge in [0.15, 0.2) is 0 Å². The molecule has 14 rings (SSSR count). The average Bonchev–Trinajstić information content (AvgIpc) is 1.57. The third-order valence-electron chi connectivity index (χ3n) is 16.6. The van der Waals surface area contributed by atoms with Crippen molar-refractivity contribution in [3.63, 3.8) is 0 Å². The maximum atomic E-state index is 12.4. The van der Waals surface area contributed by atoms with Crippen LogP contribution in [0.15, 0.2) is 276 Å². The number of pyridine rings is 1. The molecule has 114 heavy (non-hydrogen) atoms. The Kier molecular flexibility index (Phi) is 31.1. The standard InChI is InChI=1S/C16H19N3O2.C14H11N3O3S.C14H15N3O3.C13H15N3O2.C13H14N2O3.C11H10N2O3/c1-19-10-6-5-9-14(19)15(20)18-16-13(11-17-21-16)12-7-3-2-4-8-12;18-21(19,12-7-4-8-15-9-12)17-14-13(10-16-20-14)11-5-2-1-3-6-11;1-15-12(18)7-8-13(19)17-14-11(9-16-20-14)10-5-3-2-4-6-10;1-16(2)12(17)9-14-13-11(8-15-18-13)10-6-4-3-5-7-10;1-13(2,17)12(16)15-11-10(8-14-18-11)9-6-4-3-5-7-9;14-7-10(15)13-11-9(6-12-16-11)8-4-2-1-3-5-8/h2-4,7-8,11,14H,5-6,9-10H2,1H3,(H,18,20);1-10,17H;2-6,9H,7-8H2,1H3,(H,15,18)(H,17,19);3-8,14H,9H2,1-2H3;3-8,17H,1-2H3,(H,15,16);1-6,14H,7H2,(H,13,15). The number of anilines is 6. The predicted molar refractivity (Wildman–Crippen MR) is 425 cm³/mol. The van der Waals surface area contributed by atoms with Gasteiger partial charge >= 0.3 is 0 Å². The molecule has 590 valence electrons. The van der Waals surface area contributed by atoms with Crippen molar-refractivity contribution >= 4 is 80.8 Å². The number of hydrogen-bond donors (Lipinski definition) is 9. The van der Waals surface area contributed by atoms with Crippen molar-refractivity contribution in [2.24, 2.45) is 0 Å². The van der Waals surface area contributed by atoms with Crippen molar-refractivity contribution in [2.45, 2.75) is 62.5 Å². The molecule has 1 aliphatic rings. The number of nitrogens with one attached hydrogen (secondary N) is 7. The van der Waals surface area contributed by atoms with Crippen LogP contribution in [0, 0.1) is 0 Å². The van der Waals surface area contributed by atoms with Gasteiger partial charge in [0.2, 0.25) is 58.9 Å². The Labute approximate surface area is 655 Å². The Morgan fingerprint density at radius 3 is 1.20 bits per heavy atom. The van der Waals surface area contributed by atoms with E-state index in [0.717, 1.165) is 70.3 Å². The fraction of sp³-hybridized carbons (Fsp3) is 0.198. The van der Waals surface area contributed by atoms with Crippen molar-refractivity contribution in [3.05, 3.63) is 244 Å². The highest BCUT2D eigenvalue weighted by molar-refractivity contribution is 7.92. The average molecular weight is 1570 g/mol. The third-order valence-corrected chi connectivity index (χ3v) is 17.9. The first-order valence-electron chi connectivity index (χ1n) is 35.4. The molecular formula is C81H84N16O16S. The van der Waals surface area contributed by atoms with E-state index in [-0.39, 0.29) is 77.5 Å². The minimum atomic E-state index is -3.76. The number of carbonyl (C=O) groups excluding carboxylic acids is 6. The van der Waals surface area contributed by atoms with Gasteiger partial charge in [-0.25, -0.2) is 13.1 Å². The Hall–Kier alpha value is -14.0. The van der Waals surface area contributed by atoms with E-state index < -0.39 is 34.0 Å². The molecule has 7 aromatic heterocycles. The lowest BCUT2D eigenvalue weighted by Gasteiger charge is -2.30. The first-order valence-corrected chi connectivity index (χ1v) is 36.9. The number of piperidine rings is 1. The number of aliphatic hydroxyl groups is 2. The number of rotatable bonds is 22. The summed E-state index contributed by atoms with van der Waals surface area (Å²) in [5.41, 5.74) is 8.27. The first-order chi connectivity index (χ1) is 55.1. The minimum Gasteiger partial charge on any atom is -0.387 e. The molecule has 0 bridgehead atoms. The number of sulfonamides is 1. The minimum absolute atomic E-state index is 0.0221. The lowest BCUT2D eigenvalue weighted by atomic mass is 10.0. The molecule has 1 fully saturated rings. The van der Waals surface area contributed by atoms with E-state index >= 15 is 0 Å². The number of carbonyl (C=O) groups is 6. The third kappa shape index (κ3) is 25.0. The van der Waals surface area contributed by atoms with Crippen LogP contribution in [0.25, 0.3) is 66.8 Å². The largest absolute Gasteiger partial charge is 0.387 e. The van der Waals surface area contributed by atoms with Crippen molar-refractivity contribution < 1.29 is 74.5 Å². The highest BCUT2D eigenvalue weighted by Crippen LogP contribution is 2.34. The van der Waals surface area contributed by atoms with Crippen LogP contribution in [-0.2, 0) is 38.8 Å².